The molecule has 0 aliphatic rings. The zero-order valence-electron chi connectivity index (χ0n) is 16.9. The van der Waals surface area contributed by atoms with Crippen molar-refractivity contribution in [3.63, 3.8) is 0 Å². The van der Waals surface area contributed by atoms with E-state index in [4.69, 9.17) is 0 Å². The molecule has 6 nitrogen and oxygen atoms in total. The molecule has 32 heavy (non-hydrogen) atoms. The molecule has 10 heteroatoms. The topological polar surface area (TPSA) is 92.8 Å². The second-order valence-electron chi connectivity index (χ2n) is 6.99. The van der Waals surface area contributed by atoms with Crippen LogP contribution in [-0.4, -0.2) is 28.1 Å². The molecule has 0 saturated heterocycles. The Kier molecular flexibility index (Phi) is 6.45. The zero-order valence-corrected chi connectivity index (χ0v) is 17.8. The van der Waals surface area contributed by atoms with E-state index in [-0.39, 0.29) is 23.5 Å². The summed E-state index contributed by atoms with van der Waals surface area (Å²) in [6.07, 6.45) is -4.45. The standard InChI is InChI=1S/C22H17F3N2O4S/c1-12-3-4-15(9-18(12)27(30)31)19(28)10-26-13(2)17-11-32-21(20(17)29)14-5-7-16(8-6-14)22(23,24)25/h3-9,11,29H,10H2,1-2H3. The van der Waals surface area contributed by atoms with Crippen molar-refractivity contribution < 1.29 is 28.0 Å². The summed E-state index contributed by atoms with van der Waals surface area (Å²) < 4.78 is 38.2. The summed E-state index contributed by atoms with van der Waals surface area (Å²) in [5, 5.41) is 23.2. The molecule has 1 N–H and O–H groups in total. The van der Waals surface area contributed by atoms with E-state index in [1.807, 2.05) is 0 Å². The molecule has 0 bridgehead atoms. The lowest BCUT2D eigenvalue weighted by Crippen LogP contribution is -2.07. The Balaban J connectivity index is 1.79. The van der Waals surface area contributed by atoms with Crippen molar-refractivity contribution in [3.05, 3.63) is 80.2 Å². The molecule has 0 amide bonds. The molecule has 3 rings (SSSR count). The molecule has 0 spiro atoms. The van der Waals surface area contributed by atoms with Gasteiger partial charge in [0.05, 0.1) is 15.4 Å². The van der Waals surface area contributed by atoms with Gasteiger partial charge in [0.25, 0.3) is 5.69 Å². The van der Waals surface area contributed by atoms with Crippen LogP contribution >= 0.6 is 11.3 Å². The van der Waals surface area contributed by atoms with Crippen LogP contribution in [0.15, 0.2) is 52.8 Å². The molecule has 3 aromatic rings. The van der Waals surface area contributed by atoms with Crippen LogP contribution in [-0.2, 0) is 6.18 Å². The minimum atomic E-state index is -4.45. The van der Waals surface area contributed by atoms with E-state index >= 15 is 0 Å². The number of hydrogen-bond donors (Lipinski definition) is 1. The van der Waals surface area contributed by atoms with Crippen molar-refractivity contribution in [3.8, 4) is 16.2 Å². The molecule has 166 valence electrons. The Morgan fingerprint density at radius 2 is 1.84 bits per heavy atom. The van der Waals surface area contributed by atoms with Crippen LogP contribution < -0.4 is 0 Å². The first kappa shape index (κ1) is 23.1. The van der Waals surface area contributed by atoms with Crippen molar-refractivity contribution >= 4 is 28.5 Å². The van der Waals surface area contributed by atoms with Gasteiger partial charge < -0.3 is 5.11 Å². The lowest BCUT2D eigenvalue weighted by molar-refractivity contribution is -0.385. The van der Waals surface area contributed by atoms with Crippen molar-refractivity contribution in [2.75, 3.05) is 6.54 Å². The predicted octanol–water partition coefficient (Wildman–Crippen LogP) is 6.05. The Labute approximate surface area is 184 Å². The van der Waals surface area contributed by atoms with Gasteiger partial charge in [-0.05, 0) is 31.5 Å². The average molecular weight is 462 g/mol. The maximum Gasteiger partial charge on any atom is 0.416 e. The zero-order chi connectivity index (χ0) is 23.6. The number of carbonyl (C=O) groups excluding carboxylic acids is 1. The van der Waals surface area contributed by atoms with Crippen molar-refractivity contribution in [1.29, 1.82) is 0 Å². The van der Waals surface area contributed by atoms with Gasteiger partial charge in [0.2, 0.25) is 0 Å². The summed E-state index contributed by atoms with van der Waals surface area (Å²) >= 11 is 1.14. The highest BCUT2D eigenvalue weighted by Gasteiger charge is 2.30. The number of aromatic hydroxyl groups is 1. The molecule has 0 aliphatic heterocycles. The van der Waals surface area contributed by atoms with E-state index in [0.717, 1.165) is 23.5 Å². The van der Waals surface area contributed by atoms with Crippen molar-refractivity contribution in [2.24, 2.45) is 4.99 Å². The van der Waals surface area contributed by atoms with Gasteiger partial charge in [-0.15, -0.1) is 11.3 Å². The first-order chi connectivity index (χ1) is 15.0. The van der Waals surface area contributed by atoms with E-state index in [9.17, 15) is 33.2 Å². The summed E-state index contributed by atoms with van der Waals surface area (Å²) in [4.78, 5) is 27.5. The normalized spacial score (nSPS) is 12.1. The third kappa shape index (κ3) is 4.86. The van der Waals surface area contributed by atoms with E-state index in [2.05, 4.69) is 4.99 Å². The third-order valence-electron chi connectivity index (χ3n) is 4.82. The number of thiophene rings is 1. The number of aliphatic imine (C=N–C) groups is 1. The van der Waals surface area contributed by atoms with Gasteiger partial charge in [-0.25, -0.2) is 0 Å². The molecule has 0 atom stereocenters. The monoisotopic (exact) mass is 462 g/mol. The van der Waals surface area contributed by atoms with E-state index in [1.54, 1.807) is 19.2 Å². The van der Waals surface area contributed by atoms with Gasteiger partial charge in [-0.2, -0.15) is 13.2 Å². The lowest BCUT2D eigenvalue weighted by Gasteiger charge is -2.07. The van der Waals surface area contributed by atoms with Crippen LogP contribution in [0.3, 0.4) is 0 Å². The number of ketones is 1. The van der Waals surface area contributed by atoms with Gasteiger partial charge in [0.1, 0.15) is 12.3 Å². The fourth-order valence-electron chi connectivity index (χ4n) is 2.97. The minimum absolute atomic E-state index is 0.144. The number of aryl methyl sites for hydroxylation is 1. The minimum Gasteiger partial charge on any atom is -0.506 e. The number of benzene rings is 2. The van der Waals surface area contributed by atoms with Crippen LogP contribution in [0.1, 0.15) is 34.0 Å². The maximum atomic E-state index is 12.7. The van der Waals surface area contributed by atoms with E-state index < -0.39 is 22.4 Å². The average Bonchev–Trinajstić information content (AvgIpc) is 3.12. The lowest BCUT2D eigenvalue weighted by atomic mass is 10.1. The van der Waals surface area contributed by atoms with Crippen LogP contribution in [0.4, 0.5) is 18.9 Å². The third-order valence-corrected chi connectivity index (χ3v) is 5.83. The second-order valence-corrected chi connectivity index (χ2v) is 7.87. The van der Waals surface area contributed by atoms with Crippen LogP contribution in [0, 0.1) is 17.0 Å². The molecule has 0 radical (unpaired) electrons. The molecule has 0 saturated carbocycles. The number of halogens is 3. The van der Waals surface area contributed by atoms with Gasteiger partial charge in [-0.3, -0.25) is 19.9 Å². The van der Waals surface area contributed by atoms with E-state index in [1.165, 1.54) is 30.3 Å². The largest absolute Gasteiger partial charge is 0.506 e. The van der Waals surface area contributed by atoms with Crippen molar-refractivity contribution in [1.82, 2.24) is 0 Å². The molecule has 0 aliphatic carbocycles. The highest BCUT2D eigenvalue weighted by Crippen LogP contribution is 2.40. The van der Waals surface area contributed by atoms with Crippen LogP contribution in [0.5, 0.6) is 5.75 Å². The SMILES string of the molecule is CC(=NCC(=O)c1ccc(C)c([N+](=O)[O-])c1)c1csc(-c2ccc(C(F)(F)F)cc2)c1O. The van der Waals surface area contributed by atoms with Crippen LogP contribution in [0.2, 0.25) is 0 Å². The predicted molar refractivity (Wildman–Crippen MR) is 116 cm³/mol. The number of Topliss-reactive ketones (excluding diaryl/α,β-unsaturated/α-hetero) is 1. The summed E-state index contributed by atoms with van der Waals surface area (Å²) in [5.74, 6) is -0.570. The second kappa shape index (κ2) is 8.91. The Bertz CT molecular complexity index is 1210. The van der Waals surface area contributed by atoms with Gasteiger partial charge >= 0.3 is 6.18 Å². The molecule has 1 heterocycles. The van der Waals surface area contributed by atoms with Crippen LogP contribution in [0.25, 0.3) is 10.4 Å². The first-order valence-electron chi connectivity index (χ1n) is 9.26. The molecular weight excluding hydrogens is 445 g/mol. The molecule has 1 aromatic heterocycles. The quantitative estimate of drug-likeness (QED) is 0.209. The summed E-state index contributed by atoms with van der Waals surface area (Å²) in [7, 11) is 0. The Morgan fingerprint density at radius 1 is 1.19 bits per heavy atom. The number of alkyl halides is 3. The Hall–Kier alpha value is -3.53. The number of nitro groups is 1. The summed E-state index contributed by atoms with van der Waals surface area (Å²) in [5.41, 5.74) is 0.768. The number of carbonyl (C=O) groups is 1. The number of rotatable bonds is 6. The van der Waals surface area contributed by atoms with Gasteiger partial charge in [0.15, 0.2) is 5.78 Å². The van der Waals surface area contributed by atoms with E-state index in [0.29, 0.717) is 27.3 Å². The summed E-state index contributed by atoms with van der Waals surface area (Å²) in [6, 6.07) is 8.61. The number of nitro benzene ring substituents is 1. The van der Waals surface area contributed by atoms with Gasteiger partial charge in [0, 0.05) is 33.8 Å². The Morgan fingerprint density at radius 3 is 2.44 bits per heavy atom. The van der Waals surface area contributed by atoms with Crippen molar-refractivity contribution in [2.45, 2.75) is 20.0 Å². The molecule has 2 aromatic carbocycles. The smallest absolute Gasteiger partial charge is 0.416 e. The highest BCUT2D eigenvalue weighted by molar-refractivity contribution is 7.14. The summed E-state index contributed by atoms with van der Waals surface area (Å²) in [6.45, 7) is 2.88. The molecule has 0 fully saturated rings. The fourth-order valence-corrected chi connectivity index (χ4v) is 3.98. The number of nitrogens with zero attached hydrogens (tertiary/aromatic N) is 2. The van der Waals surface area contributed by atoms with Gasteiger partial charge in [-0.1, -0.05) is 24.3 Å². The maximum absolute atomic E-state index is 12.7. The molecule has 0 unspecified atom stereocenters. The first-order valence-corrected chi connectivity index (χ1v) is 10.1. The molecular formula is C22H17F3N2O4S. The number of hydrogen-bond acceptors (Lipinski definition) is 6. The fraction of sp³-hybridized carbons (Fsp3) is 0.182. The highest BCUT2D eigenvalue weighted by atomic mass is 32.1.